The lowest BCUT2D eigenvalue weighted by molar-refractivity contribution is -0.143. The molecule has 0 heterocycles. The summed E-state index contributed by atoms with van der Waals surface area (Å²) in [7, 11) is -3.27. The van der Waals surface area contributed by atoms with Gasteiger partial charge < -0.3 is 20.1 Å². The standard InChI is InChI=1S/C11H13NO8S/c1-20-11(17)8(5-13)12-21(18,19)6-2-3-9(14)7(4-6)10(15)16/h2-4,8,12-14H,5H2,1H3,(H,15,16). The van der Waals surface area contributed by atoms with Crippen molar-refractivity contribution in [3.63, 3.8) is 0 Å². The number of carbonyl (C=O) groups is 2. The van der Waals surface area contributed by atoms with Crippen LogP contribution in [0.1, 0.15) is 10.4 Å². The second-order valence-corrected chi connectivity index (χ2v) is 5.58. The highest BCUT2D eigenvalue weighted by Gasteiger charge is 2.27. The predicted molar refractivity (Wildman–Crippen MR) is 68.3 cm³/mol. The molecule has 0 aliphatic heterocycles. The molecule has 0 fully saturated rings. The van der Waals surface area contributed by atoms with Crippen LogP contribution in [0.2, 0.25) is 0 Å². The summed E-state index contributed by atoms with van der Waals surface area (Å²) in [5.74, 6) is -3.12. The first kappa shape index (κ1) is 16.9. The number of aromatic carboxylic acids is 1. The smallest absolute Gasteiger partial charge is 0.339 e. The number of aromatic hydroxyl groups is 1. The maximum absolute atomic E-state index is 12.0. The van der Waals surface area contributed by atoms with Gasteiger partial charge in [0, 0.05) is 0 Å². The number of phenols is 1. The molecule has 0 bridgehead atoms. The van der Waals surface area contributed by atoms with E-state index in [0.717, 1.165) is 25.3 Å². The van der Waals surface area contributed by atoms with Crippen LogP contribution in [0.15, 0.2) is 23.1 Å². The first-order valence-electron chi connectivity index (χ1n) is 5.50. The van der Waals surface area contributed by atoms with Gasteiger partial charge in [-0.1, -0.05) is 0 Å². The monoisotopic (exact) mass is 319 g/mol. The van der Waals surface area contributed by atoms with Crippen LogP contribution in [0, 0.1) is 0 Å². The fourth-order valence-electron chi connectivity index (χ4n) is 1.41. The van der Waals surface area contributed by atoms with Gasteiger partial charge in [-0.2, -0.15) is 4.72 Å². The van der Waals surface area contributed by atoms with Crippen LogP contribution in [0.25, 0.3) is 0 Å². The van der Waals surface area contributed by atoms with Crippen molar-refractivity contribution in [2.24, 2.45) is 0 Å². The summed E-state index contributed by atoms with van der Waals surface area (Å²) in [5.41, 5.74) is -0.614. The van der Waals surface area contributed by atoms with Crippen molar-refractivity contribution in [3.8, 4) is 5.75 Å². The van der Waals surface area contributed by atoms with Gasteiger partial charge in [-0.3, -0.25) is 4.79 Å². The minimum absolute atomic E-state index is 0.486. The van der Waals surface area contributed by atoms with Gasteiger partial charge in [-0.15, -0.1) is 0 Å². The lowest BCUT2D eigenvalue weighted by Gasteiger charge is -2.14. The lowest BCUT2D eigenvalue weighted by atomic mass is 10.2. The molecule has 9 nitrogen and oxygen atoms in total. The Morgan fingerprint density at radius 3 is 2.48 bits per heavy atom. The number of hydrogen-bond acceptors (Lipinski definition) is 7. The first-order valence-corrected chi connectivity index (χ1v) is 6.98. The van der Waals surface area contributed by atoms with Crippen LogP contribution in [0.4, 0.5) is 0 Å². The summed E-state index contributed by atoms with van der Waals surface area (Å²) < 4.78 is 30.2. The largest absolute Gasteiger partial charge is 0.507 e. The topological polar surface area (TPSA) is 150 Å². The Kier molecular flexibility index (Phi) is 5.24. The SMILES string of the molecule is COC(=O)C(CO)NS(=O)(=O)c1ccc(O)c(C(=O)O)c1. The molecular formula is C11H13NO8S. The van der Waals surface area contributed by atoms with E-state index in [-0.39, 0.29) is 0 Å². The van der Waals surface area contributed by atoms with Gasteiger partial charge in [-0.25, -0.2) is 13.2 Å². The van der Waals surface area contributed by atoms with Gasteiger partial charge in [0.1, 0.15) is 17.4 Å². The number of carboxylic acid groups (broad SMARTS) is 1. The van der Waals surface area contributed by atoms with Crippen molar-refractivity contribution in [2.45, 2.75) is 10.9 Å². The number of carbonyl (C=O) groups excluding carboxylic acids is 1. The average molecular weight is 319 g/mol. The number of methoxy groups -OCH3 is 1. The summed E-state index contributed by atoms with van der Waals surface area (Å²) in [6.45, 7) is -0.838. The van der Waals surface area contributed by atoms with Crippen LogP contribution >= 0.6 is 0 Å². The van der Waals surface area contributed by atoms with Crippen LogP contribution in [0.5, 0.6) is 5.75 Å². The molecule has 1 unspecified atom stereocenters. The third-order valence-electron chi connectivity index (χ3n) is 2.47. The summed E-state index contributed by atoms with van der Waals surface area (Å²) in [4.78, 5) is 21.6. The Labute approximate surface area is 119 Å². The van der Waals surface area contributed by atoms with Gasteiger partial charge in [0.15, 0.2) is 0 Å². The minimum Gasteiger partial charge on any atom is -0.507 e. The number of benzene rings is 1. The fourth-order valence-corrected chi connectivity index (χ4v) is 2.61. The van der Waals surface area contributed by atoms with E-state index in [9.17, 15) is 23.1 Å². The van der Waals surface area contributed by atoms with Crippen molar-refractivity contribution in [2.75, 3.05) is 13.7 Å². The van der Waals surface area contributed by atoms with Crippen molar-refractivity contribution in [3.05, 3.63) is 23.8 Å². The van der Waals surface area contributed by atoms with Gasteiger partial charge >= 0.3 is 11.9 Å². The molecule has 0 aliphatic rings. The molecule has 0 aromatic heterocycles. The van der Waals surface area contributed by atoms with Crippen LogP contribution in [-0.2, 0) is 19.6 Å². The zero-order valence-corrected chi connectivity index (χ0v) is 11.6. The molecule has 0 amide bonds. The number of carboxylic acids is 1. The number of nitrogens with one attached hydrogen (secondary N) is 1. The van der Waals surface area contributed by atoms with Gasteiger partial charge in [0.25, 0.3) is 0 Å². The molecule has 0 saturated heterocycles. The van der Waals surface area contributed by atoms with Gasteiger partial charge in [0.05, 0.1) is 18.6 Å². The van der Waals surface area contributed by atoms with Crippen LogP contribution in [-0.4, -0.2) is 55.4 Å². The van der Waals surface area contributed by atoms with E-state index >= 15 is 0 Å². The van der Waals surface area contributed by atoms with Crippen molar-refractivity contribution in [1.82, 2.24) is 4.72 Å². The second kappa shape index (κ2) is 6.52. The Bertz CT molecular complexity index is 654. The highest BCUT2D eigenvalue weighted by molar-refractivity contribution is 7.89. The molecule has 10 heteroatoms. The number of hydrogen-bond donors (Lipinski definition) is 4. The molecule has 1 atom stereocenters. The van der Waals surface area contributed by atoms with Gasteiger partial charge in [0.2, 0.25) is 10.0 Å². The zero-order chi connectivity index (χ0) is 16.2. The summed E-state index contributed by atoms with van der Waals surface area (Å²) >= 11 is 0. The Morgan fingerprint density at radius 1 is 1.38 bits per heavy atom. The van der Waals surface area contributed by atoms with Crippen LogP contribution in [0.3, 0.4) is 0 Å². The van der Waals surface area contributed by atoms with E-state index in [1.54, 1.807) is 0 Å². The molecule has 1 aromatic carbocycles. The molecule has 21 heavy (non-hydrogen) atoms. The van der Waals surface area contributed by atoms with E-state index < -0.39 is 50.8 Å². The lowest BCUT2D eigenvalue weighted by Crippen LogP contribution is -2.43. The predicted octanol–water partition coefficient (Wildman–Crippen LogP) is -1.10. The summed E-state index contributed by atoms with van der Waals surface area (Å²) in [5, 5.41) is 27.1. The number of aliphatic hydroxyl groups is 1. The third kappa shape index (κ3) is 3.90. The van der Waals surface area contributed by atoms with Crippen molar-refractivity contribution < 1.29 is 38.1 Å². The van der Waals surface area contributed by atoms with E-state index in [2.05, 4.69) is 4.74 Å². The molecular weight excluding hydrogens is 306 g/mol. The Hall–Kier alpha value is -2.17. The molecule has 0 spiro atoms. The summed E-state index contributed by atoms with van der Waals surface area (Å²) in [6, 6.07) is 1.05. The highest BCUT2D eigenvalue weighted by atomic mass is 32.2. The normalized spacial score (nSPS) is 12.7. The van der Waals surface area contributed by atoms with Crippen LogP contribution < -0.4 is 4.72 Å². The van der Waals surface area contributed by atoms with Gasteiger partial charge in [-0.05, 0) is 18.2 Å². The number of ether oxygens (including phenoxy) is 1. The zero-order valence-electron chi connectivity index (χ0n) is 10.8. The second-order valence-electron chi connectivity index (χ2n) is 3.86. The summed E-state index contributed by atoms with van der Waals surface area (Å²) in [6.07, 6.45) is 0. The number of esters is 1. The maximum Gasteiger partial charge on any atom is 0.339 e. The molecule has 0 aliphatic carbocycles. The Balaban J connectivity index is 3.16. The third-order valence-corrected chi connectivity index (χ3v) is 3.94. The number of sulfonamides is 1. The quantitative estimate of drug-likeness (QED) is 0.483. The molecule has 1 rings (SSSR count). The van der Waals surface area contributed by atoms with E-state index in [1.165, 1.54) is 0 Å². The number of rotatable bonds is 6. The molecule has 0 saturated carbocycles. The molecule has 116 valence electrons. The fraction of sp³-hybridized carbons (Fsp3) is 0.273. The average Bonchev–Trinajstić information content (AvgIpc) is 2.43. The maximum atomic E-state index is 12.0. The first-order chi connectivity index (χ1) is 9.72. The van der Waals surface area contributed by atoms with E-state index in [0.29, 0.717) is 0 Å². The Morgan fingerprint density at radius 2 is 2.00 bits per heavy atom. The molecule has 4 N–H and O–H groups in total. The molecule has 1 aromatic rings. The minimum atomic E-state index is -4.28. The number of aliphatic hydroxyl groups excluding tert-OH is 1. The van der Waals surface area contributed by atoms with E-state index in [1.807, 2.05) is 4.72 Å². The molecule has 0 radical (unpaired) electrons. The van der Waals surface area contributed by atoms with E-state index in [4.69, 9.17) is 10.2 Å². The van der Waals surface area contributed by atoms with Crippen molar-refractivity contribution in [1.29, 1.82) is 0 Å². The highest BCUT2D eigenvalue weighted by Crippen LogP contribution is 2.21. The van der Waals surface area contributed by atoms with Crippen molar-refractivity contribution >= 4 is 22.0 Å².